The Labute approximate surface area is 141 Å². The molecule has 9 heteroatoms. The van der Waals surface area contributed by atoms with Crippen LogP contribution in [0.1, 0.15) is 36.3 Å². The molecule has 1 heterocycles. The average Bonchev–Trinajstić information content (AvgIpc) is 2.90. The van der Waals surface area contributed by atoms with E-state index in [0.29, 0.717) is 18.6 Å². The quantitative estimate of drug-likeness (QED) is 0.605. The maximum Gasteiger partial charge on any atom is 0.516 e. The summed E-state index contributed by atoms with van der Waals surface area (Å²) in [5.41, 5.74) is -0.640. The van der Waals surface area contributed by atoms with Gasteiger partial charge in [-0.2, -0.15) is 5.10 Å². The van der Waals surface area contributed by atoms with Gasteiger partial charge in [0, 0.05) is 12.1 Å². The lowest BCUT2D eigenvalue weighted by atomic mass is 10.1. The average molecular weight is 356 g/mol. The fourth-order valence-electron chi connectivity index (χ4n) is 2.23. The Hall–Kier alpha value is -2.84. The van der Waals surface area contributed by atoms with Gasteiger partial charge in [0.2, 0.25) is 0 Å². The molecule has 0 N–H and O–H groups in total. The molecule has 0 radical (unpaired) electrons. The number of nitrogens with zero attached hydrogens (tertiary/aromatic N) is 2. The number of rotatable bonds is 5. The van der Waals surface area contributed by atoms with Gasteiger partial charge in [0.1, 0.15) is 17.1 Å². The zero-order valence-corrected chi connectivity index (χ0v) is 13.5. The van der Waals surface area contributed by atoms with E-state index >= 15 is 0 Å². The van der Waals surface area contributed by atoms with Crippen LogP contribution < -0.4 is 0 Å². The molecule has 0 saturated heterocycles. The van der Waals surface area contributed by atoms with Gasteiger partial charge in [-0.15, -0.1) is 0 Å². The van der Waals surface area contributed by atoms with Crippen molar-refractivity contribution in [3.63, 3.8) is 0 Å². The van der Waals surface area contributed by atoms with E-state index in [4.69, 9.17) is 0 Å². The monoisotopic (exact) mass is 356 g/mol. The number of carbonyl (C=O) groups is 2. The zero-order chi connectivity index (χ0) is 18.6. The predicted molar refractivity (Wildman–Crippen MR) is 79.9 cm³/mol. The van der Waals surface area contributed by atoms with E-state index in [1.165, 1.54) is 6.92 Å². The van der Waals surface area contributed by atoms with Crippen molar-refractivity contribution >= 4 is 12.1 Å². The van der Waals surface area contributed by atoms with Gasteiger partial charge >= 0.3 is 12.1 Å². The minimum atomic E-state index is -1.19. The van der Waals surface area contributed by atoms with Crippen LogP contribution in [0.15, 0.2) is 18.3 Å². The maximum absolute atomic E-state index is 14.0. The molecule has 2 rings (SSSR count). The van der Waals surface area contributed by atoms with E-state index < -0.39 is 35.3 Å². The van der Waals surface area contributed by atoms with Crippen LogP contribution in [0.3, 0.4) is 0 Å². The standard InChI is InChI=1S/C16H15F3N2O4/c1-3-5-13-10(15(22)25-16(23)24-4-2)8-20-21(13)14-11(18)6-9(17)7-12(14)19/h6-8H,3-5H2,1-2H3. The normalized spacial score (nSPS) is 10.6. The first-order valence-electron chi connectivity index (χ1n) is 7.49. The van der Waals surface area contributed by atoms with Crippen molar-refractivity contribution in [2.75, 3.05) is 6.61 Å². The third-order valence-electron chi connectivity index (χ3n) is 3.21. The van der Waals surface area contributed by atoms with Gasteiger partial charge < -0.3 is 9.47 Å². The first-order chi connectivity index (χ1) is 11.9. The molecule has 1 aromatic carbocycles. The smallest absolute Gasteiger partial charge is 0.434 e. The summed E-state index contributed by atoms with van der Waals surface area (Å²) >= 11 is 0. The van der Waals surface area contributed by atoms with E-state index in [1.54, 1.807) is 6.92 Å². The summed E-state index contributed by atoms with van der Waals surface area (Å²) in [6.07, 6.45) is 0.551. The summed E-state index contributed by atoms with van der Waals surface area (Å²) in [5, 5.41) is 3.79. The molecule has 134 valence electrons. The van der Waals surface area contributed by atoms with Gasteiger partial charge in [-0.05, 0) is 13.3 Å². The Balaban J connectivity index is 2.47. The van der Waals surface area contributed by atoms with E-state index in [0.717, 1.165) is 10.9 Å². The summed E-state index contributed by atoms with van der Waals surface area (Å²) in [5.74, 6) is -4.49. The number of aromatic nitrogens is 2. The summed E-state index contributed by atoms with van der Waals surface area (Å²) in [6.45, 7) is 3.32. The first kappa shape index (κ1) is 18.5. The number of benzene rings is 1. The van der Waals surface area contributed by atoms with Crippen LogP contribution in [0, 0.1) is 17.5 Å². The van der Waals surface area contributed by atoms with Crippen LogP contribution >= 0.6 is 0 Å². The van der Waals surface area contributed by atoms with E-state index in [2.05, 4.69) is 14.6 Å². The molecule has 0 aliphatic heterocycles. The minimum Gasteiger partial charge on any atom is -0.434 e. The highest BCUT2D eigenvalue weighted by atomic mass is 19.1. The predicted octanol–water partition coefficient (Wildman–Crippen LogP) is 3.56. The molecule has 0 bridgehead atoms. The number of ether oxygens (including phenoxy) is 2. The molecular formula is C16H15F3N2O4. The molecule has 0 aliphatic rings. The molecule has 0 amide bonds. The Kier molecular flexibility index (Phi) is 5.79. The van der Waals surface area contributed by atoms with Gasteiger partial charge in [0.05, 0.1) is 18.5 Å². The Bertz CT molecular complexity index is 782. The van der Waals surface area contributed by atoms with Crippen LogP contribution in [-0.4, -0.2) is 28.5 Å². The number of carbonyl (C=O) groups excluding carboxylic acids is 2. The minimum absolute atomic E-state index is 0.0131. The fraction of sp³-hybridized carbons (Fsp3) is 0.312. The second-order valence-corrected chi connectivity index (χ2v) is 4.96. The Morgan fingerprint density at radius 1 is 1.16 bits per heavy atom. The van der Waals surface area contributed by atoms with Gasteiger partial charge in [0.15, 0.2) is 11.6 Å². The van der Waals surface area contributed by atoms with Gasteiger partial charge in [-0.3, -0.25) is 0 Å². The fourth-order valence-corrected chi connectivity index (χ4v) is 2.23. The third-order valence-corrected chi connectivity index (χ3v) is 3.21. The molecule has 0 aliphatic carbocycles. The lowest BCUT2D eigenvalue weighted by Crippen LogP contribution is -2.16. The Morgan fingerprint density at radius 2 is 1.80 bits per heavy atom. The van der Waals surface area contributed by atoms with Crippen molar-refractivity contribution in [2.24, 2.45) is 0 Å². The summed E-state index contributed by atoms with van der Waals surface area (Å²) in [6, 6.07) is 1.01. The SMILES string of the molecule is CCCc1c(C(=O)OC(=O)OCC)cnn1-c1c(F)cc(F)cc1F. The molecule has 0 saturated carbocycles. The molecule has 6 nitrogen and oxygen atoms in total. The van der Waals surface area contributed by atoms with Gasteiger partial charge in [-0.25, -0.2) is 27.4 Å². The van der Waals surface area contributed by atoms with Crippen LogP contribution in [0.5, 0.6) is 0 Å². The van der Waals surface area contributed by atoms with Crippen molar-refractivity contribution < 1.29 is 32.2 Å². The zero-order valence-electron chi connectivity index (χ0n) is 13.5. The second kappa shape index (κ2) is 7.82. The summed E-state index contributed by atoms with van der Waals surface area (Å²) < 4.78 is 51.0. The van der Waals surface area contributed by atoms with Gasteiger partial charge in [0.25, 0.3) is 0 Å². The summed E-state index contributed by atoms with van der Waals surface area (Å²) in [4.78, 5) is 23.3. The molecule has 25 heavy (non-hydrogen) atoms. The van der Waals surface area contributed by atoms with Crippen LogP contribution in [0.25, 0.3) is 5.69 Å². The largest absolute Gasteiger partial charge is 0.516 e. The number of hydrogen-bond acceptors (Lipinski definition) is 5. The highest BCUT2D eigenvalue weighted by Crippen LogP contribution is 2.23. The second-order valence-electron chi connectivity index (χ2n) is 4.96. The number of hydrogen-bond donors (Lipinski definition) is 0. The van der Waals surface area contributed by atoms with Crippen molar-refractivity contribution in [3.8, 4) is 5.69 Å². The van der Waals surface area contributed by atoms with Crippen molar-refractivity contribution in [1.29, 1.82) is 0 Å². The summed E-state index contributed by atoms with van der Waals surface area (Å²) in [7, 11) is 0. The van der Waals surface area contributed by atoms with E-state index in [-0.39, 0.29) is 24.3 Å². The van der Waals surface area contributed by atoms with Gasteiger partial charge in [-0.1, -0.05) is 13.3 Å². The number of esters is 1. The van der Waals surface area contributed by atoms with E-state index in [9.17, 15) is 22.8 Å². The maximum atomic E-state index is 14.0. The van der Waals surface area contributed by atoms with Crippen molar-refractivity contribution in [3.05, 3.63) is 47.0 Å². The molecule has 1 aromatic heterocycles. The molecule has 0 atom stereocenters. The molecule has 2 aromatic rings. The highest BCUT2D eigenvalue weighted by molar-refractivity contribution is 5.96. The van der Waals surface area contributed by atoms with Crippen LogP contribution in [-0.2, 0) is 15.9 Å². The molecule has 0 fully saturated rings. The molecule has 0 spiro atoms. The van der Waals surface area contributed by atoms with E-state index in [1.807, 2.05) is 0 Å². The molecular weight excluding hydrogens is 341 g/mol. The van der Waals surface area contributed by atoms with Crippen molar-refractivity contribution in [1.82, 2.24) is 9.78 Å². The topological polar surface area (TPSA) is 70.4 Å². The Morgan fingerprint density at radius 3 is 2.36 bits per heavy atom. The molecule has 0 unspecified atom stereocenters. The first-order valence-corrected chi connectivity index (χ1v) is 7.49. The third kappa shape index (κ3) is 3.98. The lowest BCUT2D eigenvalue weighted by molar-refractivity contribution is 0.0400. The lowest BCUT2D eigenvalue weighted by Gasteiger charge is -2.10. The highest BCUT2D eigenvalue weighted by Gasteiger charge is 2.25. The van der Waals surface area contributed by atoms with Crippen molar-refractivity contribution in [2.45, 2.75) is 26.7 Å². The van der Waals surface area contributed by atoms with Crippen LogP contribution in [0.2, 0.25) is 0 Å². The number of halogens is 3. The van der Waals surface area contributed by atoms with Crippen LogP contribution in [0.4, 0.5) is 18.0 Å².